The molecule has 0 spiro atoms. The highest BCUT2D eigenvalue weighted by atomic mass is 35.5. The van der Waals surface area contributed by atoms with Crippen molar-refractivity contribution in [3.63, 3.8) is 0 Å². The van der Waals surface area contributed by atoms with Gasteiger partial charge in [-0.2, -0.15) is 4.98 Å². The molecule has 10 nitrogen and oxygen atoms in total. The van der Waals surface area contributed by atoms with E-state index in [4.69, 9.17) is 26.4 Å². The summed E-state index contributed by atoms with van der Waals surface area (Å²) in [4.78, 5) is 22.3. The monoisotopic (exact) mass is 439 g/mol. The Labute approximate surface area is 170 Å². The van der Waals surface area contributed by atoms with Crippen LogP contribution in [0.1, 0.15) is 12.5 Å². The number of imidazole rings is 1. The van der Waals surface area contributed by atoms with Gasteiger partial charge >= 0.3 is 7.82 Å². The topological polar surface area (TPSA) is 146 Å². The van der Waals surface area contributed by atoms with Crippen molar-refractivity contribution in [3.8, 4) is 5.75 Å². The lowest BCUT2D eigenvalue weighted by molar-refractivity contribution is -0.00487. The second-order valence-electron chi connectivity index (χ2n) is 6.81. The molecule has 2 aromatic heterocycles. The fourth-order valence-corrected chi connectivity index (χ4v) is 4.51. The van der Waals surface area contributed by atoms with Gasteiger partial charge in [-0.3, -0.25) is 9.42 Å². The van der Waals surface area contributed by atoms with Crippen LogP contribution in [0.5, 0.6) is 5.75 Å². The number of hydrogen-bond donors (Lipinski definition) is 3. The van der Waals surface area contributed by atoms with Crippen LogP contribution in [-0.2, 0) is 9.09 Å². The molecule has 0 aliphatic heterocycles. The Hall–Kier alpha value is -2.23. The Kier molecular flexibility index (Phi) is 5.46. The molecule has 0 bridgehead atoms. The van der Waals surface area contributed by atoms with Gasteiger partial charge in [0.15, 0.2) is 5.65 Å². The number of phosphoric ester groups is 1. The summed E-state index contributed by atoms with van der Waals surface area (Å²) < 4.78 is 24.2. The molecule has 4 N–H and O–H groups in total. The fourth-order valence-electron chi connectivity index (χ4n) is 3.52. The summed E-state index contributed by atoms with van der Waals surface area (Å²) in [5, 5.41) is 10.2. The molecule has 4 rings (SSSR count). The maximum absolute atomic E-state index is 12.2. The van der Waals surface area contributed by atoms with Gasteiger partial charge in [-0.25, -0.2) is 14.5 Å². The highest BCUT2D eigenvalue weighted by Gasteiger charge is 2.43. The number of benzene rings is 1. The Morgan fingerprint density at radius 2 is 2.21 bits per heavy atom. The molecule has 1 saturated carbocycles. The first-order valence-electron chi connectivity index (χ1n) is 8.84. The third-order valence-corrected chi connectivity index (χ3v) is 6.17. The van der Waals surface area contributed by atoms with Gasteiger partial charge in [0.25, 0.3) is 0 Å². The van der Waals surface area contributed by atoms with Gasteiger partial charge in [0.1, 0.15) is 11.3 Å². The number of hydrogen-bond acceptors (Lipinski definition) is 8. The maximum atomic E-state index is 12.2. The second kappa shape index (κ2) is 7.89. The van der Waals surface area contributed by atoms with E-state index >= 15 is 0 Å². The van der Waals surface area contributed by atoms with E-state index in [1.54, 1.807) is 18.5 Å². The zero-order chi connectivity index (χ0) is 20.6. The first-order valence-corrected chi connectivity index (χ1v) is 10.7. The number of anilines is 1. The van der Waals surface area contributed by atoms with E-state index in [2.05, 4.69) is 15.0 Å². The number of phosphoric acid groups is 1. The largest absolute Gasteiger partial charge is 0.527 e. The molecular formula is C17H19ClN5O5P. The van der Waals surface area contributed by atoms with Crippen LogP contribution < -0.4 is 10.3 Å². The number of nitrogens with two attached hydrogens (primary N) is 1. The standard InChI is InChI=1S/C17H19ClN5O5P/c18-11-2-1-3-12(5-11)28-29(25,26)27-8-10-4-15(13(10)7-24)23-9-21-14-6-20-17(19)22-16(14)23/h1-3,5-6,9-10,13,15,24H,4,7-8H2,(H,25,26)(H2,19,20,22)/t10-,13-,15-/m1/s1. The zero-order valence-electron chi connectivity index (χ0n) is 15.1. The Morgan fingerprint density at radius 1 is 1.38 bits per heavy atom. The summed E-state index contributed by atoms with van der Waals surface area (Å²) in [6.45, 7) is -0.163. The SMILES string of the molecule is Nc1ncc2ncn([C@@H]3C[C@H](COP(=O)(O)Oc4cccc(Cl)c4)[C@H]3CO)c2n1. The van der Waals surface area contributed by atoms with E-state index in [1.165, 1.54) is 18.3 Å². The van der Waals surface area contributed by atoms with Crippen LogP contribution in [0, 0.1) is 11.8 Å². The summed E-state index contributed by atoms with van der Waals surface area (Å²) in [7, 11) is -4.33. The molecule has 154 valence electrons. The van der Waals surface area contributed by atoms with E-state index in [-0.39, 0.29) is 42.8 Å². The number of rotatable bonds is 7. The third kappa shape index (κ3) is 4.22. The Bertz CT molecular complexity index is 1080. The molecule has 12 heteroatoms. The van der Waals surface area contributed by atoms with Crippen LogP contribution in [0.4, 0.5) is 5.95 Å². The molecule has 3 aromatic rings. The minimum absolute atomic E-state index is 0.0418. The second-order valence-corrected chi connectivity index (χ2v) is 8.63. The molecule has 4 atom stereocenters. The fraction of sp³-hybridized carbons (Fsp3) is 0.353. The average molecular weight is 440 g/mol. The molecule has 2 heterocycles. The van der Waals surface area contributed by atoms with Crippen molar-refractivity contribution in [3.05, 3.63) is 41.8 Å². The lowest BCUT2D eigenvalue weighted by Gasteiger charge is -2.44. The minimum Gasteiger partial charge on any atom is -0.404 e. The van der Waals surface area contributed by atoms with Crippen molar-refractivity contribution >= 4 is 36.5 Å². The third-order valence-electron chi connectivity index (χ3n) is 5.02. The molecule has 29 heavy (non-hydrogen) atoms. The van der Waals surface area contributed by atoms with Gasteiger partial charge < -0.3 is 19.9 Å². The summed E-state index contributed by atoms with van der Waals surface area (Å²) in [5.41, 5.74) is 6.84. The van der Waals surface area contributed by atoms with Gasteiger partial charge in [-0.1, -0.05) is 17.7 Å². The number of aliphatic hydroxyl groups excluding tert-OH is 1. The normalized spacial score (nSPS) is 23.5. The number of nitrogens with zero attached hydrogens (tertiary/aromatic N) is 4. The van der Waals surface area contributed by atoms with E-state index < -0.39 is 7.82 Å². The van der Waals surface area contributed by atoms with Crippen LogP contribution in [0.25, 0.3) is 11.2 Å². The van der Waals surface area contributed by atoms with Crippen molar-refractivity contribution in [1.29, 1.82) is 0 Å². The zero-order valence-corrected chi connectivity index (χ0v) is 16.8. The van der Waals surface area contributed by atoms with Crippen LogP contribution in [0.2, 0.25) is 5.02 Å². The van der Waals surface area contributed by atoms with Crippen LogP contribution in [0.15, 0.2) is 36.8 Å². The molecule has 1 unspecified atom stereocenters. The summed E-state index contributed by atoms with van der Waals surface area (Å²) in [5.74, 6) is -0.0612. The summed E-state index contributed by atoms with van der Waals surface area (Å²) >= 11 is 5.84. The molecule has 1 aliphatic rings. The Morgan fingerprint density at radius 3 is 2.97 bits per heavy atom. The predicted molar refractivity (Wildman–Crippen MR) is 105 cm³/mol. The molecule has 1 aromatic carbocycles. The smallest absolute Gasteiger partial charge is 0.404 e. The quantitative estimate of drug-likeness (QED) is 0.472. The molecular weight excluding hydrogens is 421 g/mol. The number of fused-ring (bicyclic) bond motifs is 1. The maximum Gasteiger partial charge on any atom is 0.527 e. The van der Waals surface area contributed by atoms with Gasteiger partial charge in [0.05, 0.1) is 19.1 Å². The molecule has 0 amide bonds. The van der Waals surface area contributed by atoms with E-state index in [9.17, 15) is 14.6 Å². The number of nitrogen functional groups attached to an aromatic ring is 1. The van der Waals surface area contributed by atoms with Gasteiger partial charge in [-0.15, -0.1) is 0 Å². The number of halogens is 1. The van der Waals surface area contributed by atoms with Gasteiger partial charge in [-0.05, 0) is 30.5 Å². The van der Waals surface area contributed by atoms with Crippen molar-refractivity contribution < 1.29 is 23.6 Å². The summed E-state index contributed by atoms with van der Waals surface area (Å²) in [6.07, 6.45) is 3.77. The van der Waals surface area contributed by atoms with E-state index in [0.717, 1.165) is 0 Å². The summed E-state index contributed by atoms with van der Waals surface area (Å²) in [6, 6.07) is 6.06. The molecule has 1 fully saturated rings. The highest BCUT2D eigenvalue weighted by Crippen LogP contribution is 2.49. The molecule has 0 saturated heterocycles. The first kappa shape index (κ1) is 20.1. The van der Waals surface area contributed by atoms with Crippen molar-refractivity contribution in [2.75, 3.05) is 18.9 Å². The molecule has 1 aliphatic carbocycles. The minimum atomic E-state index is -4.33. The lowest BCUT2D eigenvalue weighted by Crippen LogP contribution is -2.42. The number of aromatic nitrogens is 4. The van der Waals surface area contributed by atoms with Crippen LogP contribution >= 0.6 is 19.4 Å². The highest BCUT2D eigenvalue weighted by molar-refractivity contribution is 7.47. The van der Waals surface area contributed by atoms with Crippen molar-refractivity contribution in [2.24, 2.45) is 11.8 Å². The van der Waals surface area contributed by atoms with Crippen molar-refractivity contribution in [1.82, 2.24) is 19.5 Å². The predicted octanol–water partition coefficient (Wildman–Crippen LogP) is 2.43. The van der Waals surface area contributed by atoms with Crippen LogP contribution in [0.3, 0.4) is 0 Å². The average Bonchev–Trinajstić information content (AvgIpc) is 3.03. The van der Waals surface area contributed by atoms with Crippen LogP contribution in [-0.4, -0.2) is 42.7 Å². The lowest BCUT2D eigenvalue weighted by atomic mass is 9.70. The van der Waals surface area contributed by atoms with Gasteiger partial charge in [0, 0.05) is 23.6 Å². The first-order chi connectivity index (χ1) is 13.9. The van der Waals surface area contributed by atoms with Gasteiger partial charge in [0.2, 0.25) is 5.95 Å². The molecule has 0 radical (unpaired) electrons. The van der Waals surface area contributed by atoms with Crippen molar-refractivity contribution in [2.45, 2.75) is 12.5 Å². The Balaban J connectivity index is 1.40. The number of aliphatic hydroxyl groups is 1. The van der Waals surface area contributed by atoms with E-state index in [1.807, 2.05) is 4.57 Å². The van der Waals surface area contributed by atoms with E-state index in [0.29, 0.717) is 22.6 Å².